The minimum atomic E-state index is -0.125. The number of benzene rings is 1. The zero-order chi connectivity index (χ0) is 16.1. The molecule has 5 heteroatoms. The Hall–Kier alpha value is -1.10. The Balaban J connectivity index is 1.84. The summed E-state index contributed by atoms with van der Waals surface area (Å²) in [5.41, 5.74) is 0.753. The highest BCUT2D eigenvalue weighted by molar-refractivity contribution is 6.30. The highest BCUT2D eigenvalue weighted by atomic mass is 35.5. The van der Waals surface area contributed by atoms with E-state index in [0.29, 0.717) is 10.9 Å². The van der Waals surface area contributed by atoms with E-state index in [0.717, 1.165) is 38.4 Å². The van der Waals surface area contributed by atoms with Gasteiger partial charge in [-0.3, -0.25) is 9.69 Å². The average molecular weight is 324 g/mol. The minimum absolute atomic E-state index is 0.0274. The number of halogens is 1. The molecule has 0 saturated carbocycles. The molecule has 0 aliphatic carbocycles. The first kappa shape index (κ1) is 17.3. The van der Waals surface area contributed by atoms with Crippen molar-refractivity contribution in [3.8, 4) is 0 Å². The van der Waals surface area contributed by atoms with E-state index >= 15 is 0 Å². The van der Waals surface area contributed by atoms with Gasteiger partial charge in [-0.05, 0) is 31.0 Å². The molecule has 22 heavy (non-hydrogen) atoms. The first-order valence-corrected chi connectivity index (χ1v) is 8.36. The van der Waals surface area contributed by atoms with Crippen molar-refractivity contribution in [1.29, 1.82) is 0 Å². The summed E-state index contributed by atoms with van der Waals surface area (Å²) in [5, 5.41) is 3.58. The Labute approximate surface area is 138 Å². The first-order chi connectivity index (χ1) is 10.5. The number of carbonyl (C=O) groups is 1. The fraction of sp³-hybridized carbons (Fsp3) is 0.588. The molecule has 1 aromatic rings. The van der Waals surface area contributed by atoms with Crippen LogP contribution in [0, 0.1) is 5.92 Å². The third-order valence-electron chi connectivity index (χ3n) is 4.05. The predicted octanol–water partition coefficient (Wildman–Crippen LogP) is 2.94. The van der Waals surface area contributed by atoms with Crippen LogP contribution in [0.1, 0.15) is 20.8 Å². The van der Waals surface area contributed by atoms with Crippen LogP contribution in [0.3, 0.4) is 0 Å². The van der Waals surface area contributed by atoms with Crippen LogP contribution in [-0.2, 0) is 4.79 Å². The molecule has 0 spiro atoms. The zero-order valence-electron chi connectivity index (χ0n) is 13.7. The largest absolute Gasteiger partial charge is 0.325 e. The SMILES string of the molecule is CC(C)CN1CCN(C(C)C(=O)Nc2cccc(Cl)c2)CC1. The molecule has 1 N–H and O–H groups in total. The number of amides is 1. The molecular formula is C17H26ClN3O. The number of anilines is 1. The molecule has 4 nitrogen and oxygen atoms in total. The Morgan fingerprint density at radius 3 is 2.50 bits per heavy atom. The topological polar surface area (TPSA) is 35.6 Å². The fourth-order valence-electron chi connectivity index (χ4n) is 2.83. The van der Waals surface area contributed by atoms with Crippen LogP contribution in [-0.4, -0.2) is 54.5 Å². The molecule has 1 aliphatic heterocycles. The van der Waals surface area contributed by atoms with Crippen LogP contribution in [0.4, 0.5) is 5.69 Å². The van der Waals surface area contributed by atoms with E-state index in [-0.39, 0.29) is 11.9 Å². The van der Waals surface area contributed by atoms with Crippen molar-refractivity contribution in [2.45, 2.75) is 26.8 Å². The number of hydrogen-bond acceptors (Lipinski definition) is 3. The number of rotatable bonds is 5. The van der Waals surface area contributed by atoms with E-state index in [1.165, 1.54) is 0 Å². The third kappa shape index (κ3) is 4.97. The lowest BCUT2D eigenvalue weighted by molar-refractivity contribution is -0.121. The monoisotopic (exact) mass is 323 g/mol. The van der Waals surface area contributed by atoms with Crippen molar-refractivity contribution in [2.24, 2.45) is 5.92 Å². The molecule has 1 unspecified atom stereocenters. The minimum Gasteiger partial charge on any atom is -0.325 e. The van der Waals surface area contributed by atoms with Crippen molar-refractivity contribution in [3.63, 3.8) is 0 Å². The summed E-state index contributed by atoms with van der Waals surface area (Å²) in [4.78, 5) is 17.1. The van der Waals surface area contributed by atoms with Gasteiger partial charge in [0.2, 0.25) is 5.91 Å². The molecule has 1 aromatic carbocycles. The molecule has 0 bridgehead atoms. The van der Waals surface area contributed by atoms with Gasteiger partial charge in [0, 0.05) is 43.4 Å². The second-order valence-corrected chi connectivity index (χ2v) is 6.84. The van der Waals surface area contributed by atoms with Crippen LogP contribution in [0.5, 0.6) is 0 Å². The van der Waals surface area contributed by atoms with Crippen molar-refractivity contribution in [1.82, 2.24) is 9.80 Å². The van der Waals surface area contributed by atoms with Gasteiger partial charge >= 0.3 is 0 Å². The molecule has 2 rings (SSSR count). The van der Waals surface area contributed by atoms with Gasteiger partial charge in [0.05, 0.1) is 6.04 Å². The number of piperazine rings is 1. The molecule has 0 aromatic heterocycles. The molecule has 1 aliphatic rings. The smallest absolute Gasteiger partial charge is 0.241 e. The first-order valence-electron chi connectivity index (χ1n) is 7.98. The van der Waals surface area contributed by atoms with E-state index in [1.807, 2.05) is 19.1 Å². The third-order valence-corrected chi connectivity index (χ3v) is 4.28. The van der Waals surface area contributed by atoms with E-state index < -0.39 is 0 Å². The maximum absolute atomic E-state index is 12.4. The standard InChI is InChI=1S/C17H26ClN3O/c1-13(2)12-20-7-9-21(10-8-20)14(3)17(22)19-16-6-4-5-15(18)11-16/h4-6,11,13-14H,7-10,12H2,1-3H3,(H,19,22). The predicted molar refractivity (Wildman–Crippen MR) is 92.4 cm³/mol. The van der Waals surface area contributed by atoms with Crippen molar-refractivity contribution in [3.05, 3.63) is 29.3 Å². The van der Waals surface area contributed by atoms with Gasteiger partial charge < -0.3 is 10.2 Å². The molecule has 122 valence electrons. The Morgan fingerprint density at radius 1 is 1.23 bits per heavy atom. The molecular weight excluding hydrogens is 298 g/mol. The van der Waals surface area contributed by atoms with Gasteiger partial charge in [0.15, 0.2) is 0 Å². The van der Waals surface area contributed by atoms with E-state index in [4.69, 9.17) is 11.6 Å². The fourth-order valence-corrected chi connectivity index (χ4v) is 3.02. The summed E-state index contributed by atoms with van der Waals surface area (Å²) in [6.07, 6.45) is 0. The summed E-state index contributed by atoms with van der Waals surface area (Å²) >= 11 is 5.95. The Morgan fingerprint density at radius 2 is 1.91 bits per heavy atom. The van der Waals surface area contributed by atoms with Crippen molar-refractivity contribution < 1.29 is 4.79 Å². The normalized spacial score (nSPS) is 18.4. The van der Waals surface area contributed by atoms with Crippen molar-refractivity contribution >= 4 is 23.2 Å². The van der Waals surface area contributed by atoms with Crippen LogP contribution >= 0.6 is 11.6 Å². The zero-order valence-corrected chi connectivity index (χ0v) is 14.4. The van der Waals surface area contributed by atoms with Gasteiger partial charge in [-0.1, -0.05) is 31.5 Å². The van der Waals surface area contributed by atoms with E-state index in [1.54, 1.807) is 12.1 Å². The molecule has 1 atom stereocenters. The number of nitrogens with one attached hydrogen (secondary N) is 1. The summed E-state index contributed by atoms with van der Waals surface area (Å²) in [6.45, 7) is 11.5. The van der Waals surface area contributed by atoms with Gasteiger partial charge in [0.25, 0.3) is 0 Å². The highest BCUT2D eigenvalue weighted by Crippen LogP contribution is 2.16. The summed E-state index contributed by atoms with van der Waals surface area (Å²) in [5.74, 6) is 0.717. The summed E-state index contributed by atoms with van der Waals surface area (Å²) < 4.78 is 0. The van der Waals surface area contributed by atoms with E-state index in [9.17, 15) is 4.79 Å². The van der Waals surface area contributed by atoms with Crippen molar-refractivity contribution in [2.75, 3.05) is 38.0 Å². The molecule has 1 fully saturated rings. The molecule has 1 saturated heterocycles. The van der Waals surface area contributed by atoms with Gasteiger partial charge in [0.1, 0.15) is 0 Å². The molecule has 0 radical (unpaired) electrons. The maximum atomic E-state index is 12.4. The number of nitrogens with zero attached hydrogens (tertiary/aromatic N) is 2. The molecule has 1 heterocycles. The lowest BCUT2D eigenvalue weighted by atomic mass is 10.1. The lowest BCUT2D eigenvalue weighted by Crippen LogP contribution is -2.53. The Kier molecular flexibility index (Phi) is 6.24. The van der Waals surface area contributed by atoms with Crippen LogP contribution in [0.2, 0.25) is 5.02 Å². The quantitative estimate of drug-likeness (QED) is 0.905. The Bertz CT molecular complexity index is 498. The highest BCUT2D eigenvalue weighted by Gasteiger charge is 2.25. The molecule has 1 amide bonds. The summed E-state index contributed by atoms with van der Waals surface area (Å²) in [6, 6.07) is 7.14. The summed E-state index contributed by atoms with van der Waals surface area (Å²) in [7, 11) is 0. The van der Waals surface area contributed by atoms with Gasteiger partial charge in [-0.2, -0.15) is 0 Å². The van der Waals surface area contributed by atoms with E-state index in [2.05, 4.69) is 29.0 Å². The second-order valence-electron chi connectivity index (χ2n) is 6.41. The van der Waals surface area contributed by atoms with Gasteiger partial charge in [-0.25, -0.2) is 0 Å². The number of carbonyl (C=O) groups excluding carboxylic acids is 1. The average Bonchev–Trinajstić information content (AvgIpc) is 2.46. The lowest BCUT2D eigenvalue weighted by Gasteiger charge is -2.38. The maximum Gasteiger partial charge on any atom is 0.241 e. The van der Waals surface area contributed by atoms with Gasteiger partial charge in [-0.15, -0.1) is 0 Å². The second kappa shape index (κ2) is 7.95. The van der Waals surface area contributed by atoms with Crippen LogP contribution in [0.15, 0.2) is 24.3 Å². The van der Waals surface area contributed by atoms with Crippen LogP contribution < -0.4 is 5.32 Å². The van der Waals surface area contributed by atoms with Crippen LogP contribution in [0.25, 0.3) is 0 Å². The number of hydrogen-bond donors (Lipinski definition) is 1.